The Labute approximate surface area is 100 Å². The van der Waals surface area contributed by atoms with E-state index in [1.54, 1.807) is 0 Å². The normalized spacial score (nSPS) is 11.3. The molecule has 94 valence electrons. The van der Waals surface area contributed by atoms with Crippen LogP contribution >= 0.6 is 15.9 Å². The second-order valence-electron chi connectivity index (χ2n) is 2.71. The maximum absolute atomic E-state index is 12.0. The maximum Gasteiger partial charge on any atom is 0.573 e. The molecule has 0 spiro atoms. The van der Waals surface area contributed by atoms with E-state index in [1.807, 2.05) is 0 Å². The third kappa shape index (κ3) is 3.19. The van der Waals surface area contributed by atoms with Gasteiger partial charge in [0, 0.05) is 5.33 Å². The van der Waals surface area contributed by atoms with E-state index in [0.717, 1.165) is 0 Å². The van der Waals surface area contributed by atoms with Gasteiger partial charge in [-0.3, -0.25) is 0 Å². The van der Waals surface area contributed by atoms with Crippen molar-refractivity contribution < 1.29 is 27.9 Å². The third-order valence-corrected chi connectivity index (χ3v) is 2.19. The SMILES string of the molecule is O=[N+]([O-])c1ncc(OC(F)(F)F)c(CBr)c1O. The van der Waals surface area contributed by atoms with Crippen LogP contribution in [0, 0.1) is 10.1 Å². The molecule has 0 aliphatic carbocycles. The van der Waals surface area contributed by atoms with Crippen molar-refractivity contribution >= 4 is 21.7 Å². The zero-order chi connectivity index (χ0) is 13.2. The van der Waals surface area contributed by atoms with Crippen molar-refractivity contribution in [2.45, 2.75) is 11.7 Å². The van der Waals surface area contributed by atoms with Crippen molar-refractivity contribution in [1.29, 1.82) is 0 Å². The summed E-state index contributed by atoms with van der Waals surface area (Å²) >= 11 is 2.79. The average molecular weight is 317 g/mol. The molecule has 0 fully saturated rings. The number of rotatable bonds is 3. The van der Waals surface area contributed by atoms with E-state index >= 15 is 0 Å². The van der Waals surface area contributed by atoms with Crippen molar-refractivity contribution in [1.82, 2.24) is 4.98 Å². The highest BCUT2D eigenvalue weighted by Crippen LogP contribution is 2.37. The van der Waals surface area contributed by atoms with Crippen LogP contribution in [0.4, 0.5) is 19.0 Å². The van der Waals surface area contributed by atoms with Crippen molar-refractivity contribution in [2.24, 2.45) is 0 Å². The first-order chi connectivity index (χ1) is 7.76. The molecule has 1 heterocycles. The van der Waals surface area contributed by atoms with Crippen molar-refractivity contribution in [3.63, 3.8) is 0 Å². The fourth-order valence-corrected chi connectivity index (χ4v) is 1.53. The summed E-state index contributed by atoms with van der Waals surface area (Å²) in [6, 6.07) is 0. The summed E-state index contributed by atoms with van der Waals surface area (Å²) in [4.78, 5) is 12.5. The molecule has 6 nitrogen and oxygen atoms in total. The van der Waals surface area contributed by atoms with Gasteiger partial charge in [-0.2, -0.15) is 0 Å². The Morgan fingerprint density at radius 3 is 2.59 bits per heavy atom. The predicted molar refractivity (Wildman–Crippen MR) is 51.9 cm³/mol. The monoisotopic (exact) mass is 316 g/mol. The van der Waals surface area contributed by atoms with Crippen LogP contribution in [0.15, 0.2) is 6.20 Å². The Morgan fingerprint density at radius 1 is 1.59 bits per heavy atom. The van der Waals surface area contributed by atoms with Crippen LogP contribution in [0.3, 0.4) is 0 Å². The van der Waals surface area contributed by atoms with E-state index in [4.69, 9.17) is 0 Å². The Kier molecular flexibility index (Phi) is 3.76. The Hall–Kier alpha value is -1.58. The minimum Gasteiger partial charge on any atom is -0.501 e. The third-order valence-electron chi connectivity index (χ3n) is 1.63. The lowest BCUT2D eigenvalue weighted by Crippen LogP contribution is -2.18. The zero-order valence-electron chi connectivity index (χ0n) is 7.86. The molecule has 0 aromatic carbocycles. The summed E-state index contributed by atoms with van der Waals surface area (Å²) in [5.41, 5.74) is -0.399. The van der Waals surface area contributed by atoms with Crippen molar-refractivity contribution in [3.05, 3.63) is 21.9 Å². The Bertz CT molecular complexity index is 451. The van der Waals surface area contributed by atoms with Gasteiger partial charge in [-0.25, -0.2) is 0 Å². The predicted octanol–water partition coefficient (Wildman–Crippen LogP) is 2.49. The summed E-state index contributed by atoms with van der Waals surface area (Å²) in [6.45, 7) is 0. The average Bonchev–Trinajstić information content (AvgIpc) is 2.15. The van der Waals surface area contributed by atoms with Gasteiger partial charge in [0.25, 0.3) is 0 Å². The number of nitrogens with zero attached hydrogens (tertiary/aromatic N) is 2. The van der Waals surface area contributed by atoms with Crippen LogP contribution < -0.4 is 4.74 Å². The molecule has 0 atom stereocenters. The summed E-state index contributed by atoms with van der Waals surface area (Å²) in [6.07, 6.45) is -4.44. The smallest absolute Gasteiger partial charge is 0.501 e. The van der Waals surface area contributed by atoms with Gasteiger partial charge in [0.05, 0.1) is 5.56 Å². The lowest BCUT2D eigenvalue weighted by atomic mass is 10.2. The number of ether oxygens (including phenoxy) is 1. The van der Waals surface area contributed by atoms with Gasteiger partial charge in [-0.15, -0.1) is 13.2 Å². The first-order valence-electron chi connectivity index (χ1n) is 3.93. The van der Waals surface area contributed by atoms with E-state index in [2.05, 4.69) is 25.7 Å². The molecule has 0 saturated heterocycles. The van der Waals surface area contributed by atoms with Gasteiger partial charge in [0.1, 0.15) is 0 Å². The molecule has 0 radical (unpaired) electrons. The van der Waals surface area contributed by atoms with Crippen LogP contribution in [0.25, 0.3) is 0 Å². The second kappa shape index (κ2) is 4.73. The molecule has 1 aromatic rings. The van der Waals surface area contributed by atoms with Gasteiger partial charge in [-0.05, 0) is 9.91 Å². The fourth-order valence-electron chi connectivity index (χ4n) is 0.986. The quantitative estimate of drug-likeness (QED) is 0.526. The molecular weight excluding hydrogens is 313 g/mol. The Balaban J connectivity index is 3.26. The highest BCUT2D eigenvalue weighted by Gasteiger charge is 2.34. The fraction of sp³-hybridized carbons (Fsp3) is 0.286. The van der Waals surface area contributed by atoms with Gasteiger partial charge in [-0.1, -0.05) is 15.9 Å². The molecule has 10 heteroatoms. The lowest BCUT2D eigenvalue weighted by Gasteiger charge is -2.11. The first kappa shape index (κ1) is 13.5. The topological polar surface area (TPSA) is 85.5 Å². The number of hydrogen-bond donors (Lipinski definition) is 1. The number of alkyl halides is 4. The standard InChI is InChI=1S/C7H4BrF3N2O4/c8-1-3-4(17-7(9,10)11)2-12-6(5(3)14)13(15)16/h2,14H,1H2. The van der Waals surface area contributed by atoms with Crippen molar-refractivity contribution in [3.8, 4) is 11.5 Å². The molecule has 0 amide bonds. The summed E-state index contributed by atoms with van der Waals surface area (Å²) in [5.74, 6) is -2.69. The highest BCUT2D eigenvalue weighted by molar-refractivity contribution is 9.08. The number of pyridine rings is 1. The molecule has 0 bridgehead atoms. The minimum atomic E-state index is -4.97. The molecule has 1 rings (SSSR count). The van der Waals surface area contributed by atoms with Gasteiger partial charge < -0.3 is 20.0 Å². The number of halogens is 4. The van der Waals surface area contributed by atoms with Crippen LogP contribution in [0.1, 0.15) is 5.56 Å². The van der Waals surface area contributed by atoms with E-state index < -0.39 is 34.2 Å². The number of nitro groups is 1. The molecule has 1 N–H and O–H groups in total. The Morgan fingerprint density at radius 2 is 2.18 bits per heavy atom. The largest absolute Gasteiger partial charge is 0.573 e. The molecule has 0 saturated carbocycles. The molecular formula is C7H4BrF3N2O4. The molecule has 1 aromatic heterocycles. The van der Waals surface area contributed by atoms with Crippen LogP contribution in [-0.4, -0.2) is 21.4 Å². The first-order valence-corrected chi connectivity index (χ1v) is 5.05. The van der Waals surface area contributed by atoms with E-state index in [0.29, 0.717) is 6.20 Å². The number of hydrogen-bond acceptors (Lipinski definition) is 5. The number of aromatic hydroxyl groups is 1. The summed E-state index contributed by atoms with van der Waals surface area (Å²) in [7, 11) is 0. The highest BCUT2D eigenvalue weighted by atomic mass is 79.9. The number of aromatic nitrogens is 1. The molecule has 0 unspecified atom stereocenters. The second-order valence-corrected chi connectivity index (χ2v) is 3.27. The molecule has 0 aliphatic heterocycles. The van der Waals surface area contributed by atoms with Gasteiger partial charge in [0.15, 0.2) is 11.9 Å². The van der Waals surface area contributed by atoms with E-state index in [1.165, 1.54) is 0 Å². The summed E-state index contributed by atoms with van der Waals surface area (Å²) < 4.78 is 39.5. The van der Waals surface area contributed by atoms with Crippen LogP contribution in [0.2, 0.25) is 0 Å². The lowest BCUT2D eigenvalue weighted by molar-refractivity contribution is -0.390. The van der Waals surface area contributed by atoms with E-state index in [9.17, 15) is 28.4 Å². The van der Waals surface area contributed by atoms with Crippen LogP contribution in [-0.2, 0) is 5.33 Å². The van der Waals surface area contributed by atoms with E-state index in [-0.39, 0.29) is 5.33 Å². The van der Waals surface area contributed by atoms with Gasteiger partial charge in [0.2, 0.25) is 5.75 Å². The molecule has 17 heavy (non-hydrogen) atoms. The maximum atomic E-state index is 12.0. The van der Waals surface area contributed by atoms with Crippen LogP contribution in [0.5, 0.6) is 11.5 Å². The van der Waals surface area contributed by atoms with Crippen molar-refractivity contribution in [2.75, 3.05) is 0 Å². The summed E-state index contributed by atoms with van der Waals surface area (Å²) in [5, 5.41) is 19.5. The van der Waals surface area contributed by atoms with Gasteiger partial charge >= 0.3 is 12.2 Å². The minimum absolute atomic E-state index is 0.256. The zero-order valence-corrected chi connectivity index (χ0v) is 9.45. The molecule has 0 aliphatic rings.